The van der Waals surface area contributed by atoms with Gasteiger partial charge in [-0.25, -0.2) is 0 Å². The summed E-state index contributed by atoms with van der Waals surface area (Å²) >= 11 is 0. The van der Waals surface area contributed by atoms with Gasteiger partial charge in [0.15, 0.2) is 5.75 Å². The lowest BCUT2D eigenvalue weighted by molar-refractivity contribution is -0.155. The Morgan fingerprint density at radius 3 is 2.09 bits per heavy atom. The van der Waals surface area contributed by atoms with E-state index in [-0.39, 0.29) is 42.2 Å². The van der Waals surface area contributed by atoms with Crippen LogP contribution in [0.15, 0.2) is 41.2 Å². The summed E-state index contributed by atoms with van der Waals surface area (Å²) in [5, 5.41) is 0. The summed E-state index contributed by atoms with van der Waals surface area (Å²) in [7, 11) is 0. The number of aryl methyl sites for hydroxylation is 1. The molecule has 0 radical (unpaired) electrons. The molecule has 0 bridgehead atoms. The first-order valence-electron chi connectivity index (χ1n) is 12.2. The van der Waals surface area contributed by atoms with Gasteiger partial charge in [-0.05, 0) is 51.2 Å². The van der Waals surface area contributed by atoms with E-state index in [9.17, 15) is 14.4 Å². The van der Waals surface area contributed by atoms with Crippen molar-refractivity contribution in [3.63, 3.8) is 0 Å². The molecule has 0 aliphatic heterocycles. The number of hydrogen-bond acceptors (Lipinski definition) is 5. The second-order valence-corrected chi connectivity index (χ2v) is 10.8. The summed E-state index contributed by atoms with van der Waals surface area (Å²) in [6.45, 7) is 16.2. The number of hydrogen-bond donors (Lipinski definition) is 0. The molecule has 1 amide bonds. The smallest absolute Gasteiger partial charge is 0.326 e. The second-order valence-electron chi connectivity index (χ2n) is 10.8. The van der Waals surface area contributed by atoms with Crippen molar-refractivity contribution < 1.29 is 19.1 Å². The third-order valence-corrected chi connectivity index (χ3v) is 5.08. The molecule has 7 heteroatoms. The highest BCUT2D eigenvalue weighted by Gasteiger charge is 2.27. The van der Waals surface area contributed by atoms with E-state index >= 15 is 0 Å². The van der Waals surface area contributed by atoms with Crippen LogP contribution in [-0.4, -0.2) is 40.0 Å². The van der Waals surface area contributed by atoms with Gasteiger partial charge in [-0.3, -0.25) is 19.0 Å². The number of nitrogens with zero attached hydrogens (tertiary/aromatic N) is 2. The van der Waals surface area contributed by atoms with Crippen LogP contribution in [0.2, 0.25) is 0 Å². The summed E-state index contributed by atoms with van der Waals surface area (Å²) in [4.78, 5) is 41.5. The molecular weight excluding hydrogens is 444 g/mol. The van der Waals surface area contributed by atoms with Crippen molar-refractivity contribution in [1.82, 2.24) is 9.47 Å². The maximum atomic E-state index is 13.7. The summed E-state index contributed by atoms with van der Waals surface area (Å²) in [6.07, 6.45) is 0. The fraction of sp³-hybridized carbons (Fsp3) is 0.536. The molecule has 0 fully saturated rings. The van der Waals surface area contributed by atoms with Gasteiger partial charge in [0.25, 0.3) is 11.5 Å². The highest BCUT2D eigenvalue weighted by Crippen LogP contribution is 2.21. The van der Waals surface area contributed by atoms with E-state index in [0.29, 0.717) is 18.8 Å². The first-order valence-corrected chi connectivity index (χ1v) is 12.2. The van der Waals surface area contributed by atoms with Crippen molar-refractivity contribution in [3.05, 3.63) is 63.6 Å². The van der Waals surface area contributed by atoms with Crippen molar-refractivity contribution >= 4 is 11.9 Å². The Bertz CT molecular complexity index is 1060. The average molecular weight is 485 g/mol. The number of benzene rings is 1. The number of ether oxygens (including phenoxy) is 2. The van der Waals surface area contributed by atoms with E-state index in [4.69, 9.17) is 9.47 Å². The van der Waals surface area contributed by atoms with Crippen molar-refractivity contribution in [1.29, 1.82) is 0 Å². The van der Waals surface area contributed by atoms with Crippen LogP contribution in [0.1, 0.15) is 70.1 Å². The monoisotopic (exact) mass is 484 g/mol. The van der Waals surface area contributed by atoms with Crippen LogP contribution < -0.4 is 10.3 Å². The SMILES string of the molecule is Cc1cc(C(=O)N(CC(C)C)CC(C)C)c(OCc2ccccc2)c(=O)n1CC(=O)OC(C)(C)C. The molecule has 2 rings (SSSR count). The zero-order chi connectivity index (χ0) is 26.3. The van der Waals surface area contributed by atoms with Crippen molar-refractivity contribution in [2.45, 2.75) is 74.1 Å². The average Bonchev–Trinajstić information content (AvgIpc) is 2.73. The zero-order valence-corrected chi connectivity index (χ0v) is 22.4. The van der Waals surface area contributed by atoms with Gasteiger partial charge >= 0.3 is 5.97 Å². The number of esters is 1. The molecule has 2 aromatic rings. The molecule has 0 atom stereocenters. The maximum Gasteiger partial charge on any atom is 0.326 e. The predicted octanol–water partition coefficient (Wildman–Crippen LogP) is 4.83. The molecule has 0 saturated heterocycles. The van der Waals surface area contributed by atoms with Gasteiger partial charge < -0.3 is 14.4 Å². The minimum atomic E-state index is -0.675. The Hall–Kier alpha value is -3.09. The number of pyridine rings is 1. The quantitative estimate of drug-likeness (QED) is 0.451. The molecule has 192 valence electrons. The fourth-order valence-corrected chi connectivity index (χ4v) is 3.77. The first kappa shape index (κ1) is 28.1. The minimum Gasteiger partial charge on any atom is -0.482 e. The third kappa shape index (κ3) is 8.57. The van der Waals surface area contributed by atoms with Gasteiger partial charge in [-0.1, -0.05) is 58.0 Å². The zero-order valence-electron chi connectivity index (χ0n) is 22.4. The van der Waals surface area contributed by atoms with Crippen LogP contribution in [0.5, 0.6) is 5.75 Å². The molecule has 0 spiro atoms. The van der Waals surface area contributed by atoms with Crippen LogP contribution in [0.25, 0.3) is 0 Å². The Kier molecular flexibility index (Phi) is 9.69. The normalized spacial score (nSPS) is 11.6. The molecule has 0 saturated carbocycles. The molecule has 1 heterocycles. The van der Waals surface area contributed by atoms with E-state index in [1.54, 1.807) is 38.7 Å². The Morgan fingerprint density at radius 2 is 1.57 bits per heavy atom. The Balaban J connectivity index is 2.53. The van der Waals surface area contributed by atoms with Crippen LogP contribution in [0.4, 0.5) is 0 Å². The van der Waals surface area contributed by atoms with Crippen molar-refractivity contribution in [2.24, 2.45) is 11.8 Å². The standard InChI is InChI=1S/C28H40N2O5/c1-19(2)15-29(16-20(3)4)26(32)23-14-21(5)30(17-24(31)35-28(6,7)8)27(33)25(23)34-18-22-12-10-9-11-13-22/h9-14,19-20H,15-18H2,1-8H3. The summed E-state index contributed by atoms with van der Waals surface area (Å²) in [5.41, 5.74) is 0.371. The van der Waals surface area contributed by atoms with Gasteiger partial charge in [0.05, 0.1) is 5.56 Å². The number of rotatable bonds is 10. The van der Waals surface area contributed by atoms with Crippen LogP contribution in [0, 0.1) is 18.8 Å². The lowest BCUT2D eigenvalue weighted by atomic mass is 10.1. The maximum absolute atomic E-state index is 13.7. The molecule has 0 unspecified atom stereocenters. The van der Waals surface area contributed by atoms with Crippen molar-refractivity contribution in [2.75, 3.05) is 13.1 Å². The van der Waals surface area contributed by atoms with E-state index in [2.05, 4.69) is 27.7 Å². The molecule has 0 N–H and O–H groups in total. The van der Waals surface area contributed by atoms with Crippen molar-refractivity contribution in [3.8, 4) is 5.75 Å². The van der Waals surface area contributed by atoms with Gasteiger partial charge in [-0.2, -0.15) is 0 Å². The number of carbonyl (C=O) groups excluding carboxylic acids is 2. The fourth-order valence-electron chi connectivity index (χ4n) is 3.77. The van der Waals surface area contributed by atoms with E-state index in [1.165, 1.54) is 4.57 Å². The van der Waals surface area contributed by atoms with Crippen LogP contribution in [0.3, 0.4) is 0 Å². The van der Waals surface area contributed by atoms with Gasteiger partial charge in [0.1, 0.15) is 18.8 Å². The summed E-state index contributed by atoms with van der Waals surface area (Å²) < 4.78 is 12.7. The molecule has 0 aliphatic carbocycles. The largest absolute Gasteiger partial charge is 0.482 e. The van der Waals surface area contributed by atoms with Gasteiger partial charge in [-0.15, -0.1) is 0 Å². The summed E-state index contributed by atoms with van der Waals surface area (Å²) in [6, 6.07) is 11.1. The number of aromatic nitrogens is 1. The molecule has 1 aromatic heterocycles. The molecule has 7 nitrogen and oxygen atoms in total. The van der Waals surface area contributed by atoms with Gasteiger partial charge in [0, 0.05) is 18.8 Å². The highest BCUT2D eigenvalue weighted by molar-refractivity contribution is 5.97. The lowest BCUT2D eigenvalue weighted by Gasteiger charge is -2.27. The minimum absolute atomic E-state index is 0.0504. The first-order chi connectivity index (χ1) is 16.3. The Morgan fingerprint density at radius 1 is 1.00 bits per heavy atom. The topological polar surface area (TPSA) is 77.8 Å². The van der Waals surface area contributed by atoms with Crippen LogP contribution >= 0.6 is 0 Å². The van der Waals surface area contributed by atoms with Gasteiger partial charge in [0.2, 0.25) is 0 Å². The number of carbonyl (C=O) groups is 2. The van der Waals surface area contributed by atoms with E-state index in [1.807, 2.05) is 30.3 Å². The summed E-state index contributed by atoms with van der Waals surface area (Å²) in [5.74, 6) is -0.303. The van der Waals surface area contributed by atoms with E-state index < -0.39 is 17.1 Å². The molecule has 1 aromatic carbocycles. The molecular formula is C28H40N2O5. The highest BCUT2D eigenvalue weighted by atomic mass is 16.6. The Labute approximate surface area is 209 Å². The van der Waals surface area contributed by atoms with E-state index in [0.717, 1.165) is 5.56 Å². The third-order valence-electron chi connectivity index (χ3n) is 5.08. The predicted molar refractivity (Wildman–Crippen MR) is 138 cm³/mol. The molecule has 0 aliphatic rings. The molecule has 35 heavy (non-hydrogen) atoms. The number of amides is 1. The van der Waals surface area contributed by atoms with Crippen LogP contribution in [-0.2, 0) is 22.7 Å². The second kappa shape index (κ2) is 12.0. The lowest BCUT2D eigenvalue weighted by Crippen LogP contribution is -2.39.